The molecule has 3 heteroatoms. The zero-order valence-electron chi connectivity index (χ0n) is 8.88. The van der Waals surface area contributed by atoms with E-state index in [1.165, 1.54) is 25.7 Å². The van der Waals surface area contributed by atoms with Crippen LogP contribution in [0.5, 0.6) is 0 Å². The summed E-state index contributed by atoms with van der Waals surface area (Å²) in [5, 5.41) is 0.775. The molecule has 1 fully saturated rings. The predicted molar refractivity (Wildman–Crippen MR) is 66.5 cm³/mol. The van der Waals surface area contributed by atoms with Gasteiger partial charge in [0.1, 0.15) is 0 Å². The van der Waals surface area contributed by atoms with E-state index in [0.717, 1.165) is 29.5 Å². The van der Waals surface area contributed by atoms with E-state index >= 15 is 0 Å². The number of nitrogen functional groups attached to an aromatic ring is 1. The number of rotatable bonds is 1. The average molecular weight is 225 g/mol. The van der Waals surface area contributed by atoms with Crippen molar-refractivity contribution in [2.24, 2.45) is 0 Å². The van der Waals surface area contributed by atoms with Gasteiger partial charge in [-0.3, -0.25) is 0 Å². The number of benzene rings is 1. The number of nitrogens with zero attached hydrogens (tertiary/aromatic N) is 1. The molecule has 1 aromatic carbocycles. The fourth-order valence-corrected chi connectivity index (χ4v) is 2.46. The summed E-state index contributed by atoms with van der Waals surface area (Å²) in [4.78, 5) is 2.32. The maximum atomic E-state index is 6.19. The van der Waals surface area contributed by atoms with Gasteiger partial charge in [-0.1, -0.05) is 30.5 Å². The quantitative estimate of drug-likeness (QED) is 0.742. The van der Waals surface area contributed by atoms with Gasteiger partial charge in [0, 0.05) is 13.1 Å². The molecule has 1 saturated heterocycles. The number of hydrogen-bond acceptors (Lipinski definition) is 2. The molecule has 82 valence electrons. The van der Waals surface area contributed by atoms with Crippen LogP contribution in [0.2, 0.25) is 5.02 Å². The Balaban J connectivity index is 2.26. The lowest BCUT2D eigenvalue weighted by Gasteiger charge is -2.25. The lowest BCUT2D eigenvalue weighted by Crippen LogP contribution is -2.25. The second-order valence-electron chi connectivity index (χ2n) is 4.08. The Labute approximate surface area is 96.0 Å². The van der Waals surface area contributed by atoms with Gasteiger partial charge in [-0.15, -0.1) is 0 Å². The third-order valence-electron chi connectivity index (χ3n) is 2.94. The van der Waals surface area contributed by atoms with E-state index in [1.807, 2.05) is 18.2 Å². The highest BCUT2D eigenvalue weighted by Crippen LogP contribution is 2.33. The zero-order chi connectivity index (χ0) is 10.7. The van der Waals surface area contributed by atoms with E-state index in [1.54, 1.807) is 0 Å². The van der Waals surface area contributed by atoms with E-state index in [9.17, 15) is 0 Å². The number of para-hydroxylation sites is 1. The van der Waals surface area contributed by atoms with Gasteiger partial charge in [0.25, 0.3) is 0 Å². The molecule has 1 heterocycles. The minimum Gasteiger partial charge on any atom is -0.397 e. The second-order valence-corrected chi connectivity index (χ2v) is 4.49. The summed E-state index contributed by atoms with van der Waals surface area (Å²) < 4.78 is 0. The second kappa shape index (κ2) is 4.75. The largest absolute Gasteiger partial charge is 0.397 e. The molecule has 2 nitrogen and oxygen atoms in total. The Morgan fingerprint density at radius 2 is 1.73 bits per heavy atom. The first-order chi connectivity index (χ1) is 7.29. The third-order valence-corrected chi connectivity index (χ3v) is 3.25. The number of nitrogens with two attached hydrogens (primary N) is 1. The summed E-state index contributed by atoms with van der Waals surface area (Å²) in [6, 6.07) is 5.74. The number of halogens is 1. The van der Waals surface area contributed by atoms with Crippen LogP contribution in [0.1, 0.15) is 25.7 Å². The van der Waals surface area contributed by atoms with Crippen LogP contribution in [0.25, 0.3) is 0 Å². The molecular formula is C12H17ClN2. The zero-order valence-corrected chi connectivity index (χ0v) is 9.63. The van der Waals surface area contributed by atoms with Crippen LogP contribution in [0, 0.1) is 0 Å². The van der Waals surface area contributed by atoms with E-state index in [0.29, 0.717) is 0 Å². The fraction of sp³-hybridized carbons (Fsp3) is 0.500. The van der Waals surface area contributed by atoms with Gasteiger partial charge in [-0.25, -0.2) is 0 Å². The normalized spacial score (nSPS) is 17.5. The molecule has 0 radical (unpaired) electrons. The fourth-order valence-electron chi connectivity index (χ4n) is 2.16. The Morgan fingerprint density at radius 3 is 2.33 bits per heavy atom. The number of anilines is 2. The van der Waals surface area contributed by atoms with Crippen molar-refractivity contribution in [3.05, 3.63) is 23.2 Å². The van der Waals surface area contributed by atoms with Crippen molar-refractivity contribution in [2.45, 2.75) is 25.7 Å². The molecule has 0 atom stereocenters. The lowest BCUT2D eigenvalue weighted by molar-refractivity contribution is 0.726. The molecule has 0 aliphatic carbocycles. The molecule has 2 N–H and O–H groups in total. The number of hydrogen-bond donors (Lipinski definition) is 1. The predicted octanol–water partition coefficient (Wildman–Crippen LogP) is 3.30. The minimum atomic E-state index is 0.775. The molecule has 0 spiro atoms. The van der Waals surface area contributed by atoms with Crippen molar-refractivity contribution < 1.29 is 0 Å². The molecule has 0 aromatic heterocycles. The average Bonchev–Trinajstić information content (AvgIpc) is 2.46. The first-order valence-electron chi connectivity index (χ1n) is 5.58. The van der Waals surface area contributed by atoms with Gasteiger partial charge in [-0.05, 0) is 25.0 Å². The molecule has 0 unspecified atom stereocenters. The minimum absolute atomic E-state index is 0.775. The van der Waals surface area contributed by atoms with Crippen molar-refractivity contribution >= 4 is 23.0 Å². The van der Waals surface area contributed by atoms with Crippen molar-refractivity contribution in [2.75, 3.05) is 23.7 Å². The Hall–Kier alpha value is -0.890. The standard InChI is InChI=1S/C12H17ClN2/c13-10-6-5-7-11(14)12(10)15-8-3-1-2-4-9-15/h5-7H,1-4,8-9,14H2. The smallest absolute Gasteiger partial charge is 0.0789 e. The van der Waals surface area contributed by atoms with Crippen molar-refractivity contribution in [3.63, 3.8) is 0 Å². The molecule has 1 aliphatic heterocycles. The Kier molecular flexibility index (Phi) is 3.37. The summed E-state index contributed by atoms with van der Waals surface area (Å²) in [6.45, 7) is 2.15. The Bertz CT molecular complexity index is 310. The Morgan fingerprint density at radius 1 is 1.07 bits per heavy atom. The first-order valence-corrected chi connectivity index (χ1v) is 5.96. The highest BCUT2D eigenvalue weighted by Gasteiger charge is 2.14. The maximum Gasteiger partial charge on any atom is 0.0789 e. The van der Waals surface area contributed by atoms with Crippen molar-refractivity contribution in [1.82, 2.24) is 0 Å². The molecule has 0 amide bonds. The van der Waals surface area contributed by atoms with Gasteiger partial charge in [0.2, 0.25) is 0 Å². The maximum absolute atomic E-state index is 6.19. The van der Waals surface area contributed by atoms with Gasteiger partial charge in [0.15, 0.2) is 0 Å². The van der Waals surface area contributed by atoms with E-state index in [-0.39, 0.29) is 0 Å². The highest BCUT2D eigenvalue weighted by molar-refractivity contribution is 6.34. The first kappa shape index (κ1) is 10.6. The molecule has 1 aliphatic rings. The molecular weight excluding hydrogens is 208 g/mol. The van der Waals surface area contributed by atoms with Gasteiger partial charge in [0.05, 0.1) is 16.4 Å². The van der Waals surface area contributed by atoms with E-state index in [4.69, 9.17) is 17.3 Å². The van der Waals surface area contributed by atoms with Gasteiger partial charge in [-0.2, -0.15) is 0 Å². The van der Waals surface area contributed by atoms with Crippen LogP contribution in [0.4, 0.5) is 11.4 Å². The lowest BCUT2D eigenvalue weighted by atomic mass is 10.2. The van der Waals surface area contributed by atoms with Crippen LogP contribution in [0.3, 0.4) is 0 Å². The van der Waals surface area contributed by atoms with Crippen molar-refractivity contribution in [3.8, 4) is 0 Å². The topological polar surface area (TPSA) is 29.3 Å². The molecule has 15 heavy (non-hydrogen) atoms. The molecule has 2 rings (SSSR count). The van der Waals surface area contributed by atoms with Crippen LogP contribution < -0.4 is 10.6 Å². The van der Waals surface area contributed by atoms with E-state index in [2.05, 4.69) is 4.90 Å². The van der Waals surface area contributed by atoms with Crippen LogP contribution in [-0.4, -0.2) is 13.1 Å². The summed E-state index contributed by atoms with van der Waals surface area (Å²) in [5.74, 6) is 0. The summed E-state index contributed by atoms with van der Waals surface area (Å²) in [5.41, 5.74) is 7.80. The summed E-state index contributed by atoms with van der Waals surface area (Å²) >= 11 is 6.19. The van der Waals surface area contributed by atoms with Gasteiger partial charge >= 0.3 is 0 Å². The monoisotopic (exact) mass is 224 g/mol. The molecule has 0 bridgehead atoms. The summed E-state index contributed by atoms with van der Waals surface area (Å²) in [6.07, 6.45) is 5.12. The summed E-state index contributed by atoms with van der Waals surface area (Å²) in [7, 11) is 0. The highest BCUT2D eigenvalue weighted by atomic mass is 35.5. The van der Waals surface area contributed by atoms with Crippen LogP contribution in [0.15, 0.2) is 18.2 Å². The van der Waals surface area contributed by atoms with Crippen molar-refractivity contribution in [1.29, 1.82) is 0 Å². The van der Waals surface area contributed by atoms with Crippen LogP contribution in [-0.2, 0) is 0 Å². The van der Waals surface area contributed by atoms with E-state index < -0.39 is 0 Å². The van der Waals surface area contributed by atoms with Gasteiger partial charge < -0.3 is 10.6 Å². The molecule has 0 saturated carbocycles. The SMILES string of the molecule is Nc1cccc(Cl)c1N1CCCCCC1. The van der Waals surface area contributed by atoms with Crippen LogP contribution >= 0.6 is 11.6 Å². The third kappa shape index (κ3) is 2.37. The molecule has 1 aromatic rings.